The van der Waals surface area contributed by atoms with Gasteiger partial charge in [0.1, 0.15) is 0 Å². The van der Waals surface area contributed by atoms with Crippen LogP contribution < -0.4 is 10.4 Å². The number of pyridine rings is 1. The molecule has 1 aliphatic rings. The highest BCUT2D eigenvalue weighted by Crippen LogP contribution is 2.33. The molecule has 5 aromatic carbocycles. The van der Waals surface area contributed by atoms with E-state index >= 15 is 0 Å². The van der Waals surface area contributed by atoms with Crippen molar-refractivity contribution < 1.29 is 0 Å². The maximum Gasteiger partial charge on any atom is 0.0537 e. The molecule has 0 amide bonds. The highest BCUT2D eigenvalue weighted by molar-refractivity contribution is 5.94. The zero-order valence-corrected chi connectivity index (χ0v) is 39.7. The third-order valence-corrected chi connectivity index (χ3v) is 11.8. The molecule has 0 saturated heterocycles. The van der Waals surface area contributed by atoms with Gasteiger partial charge in [-0.2, -0.15) is 0 Å². The van der Waals surface area contributed by atoms with Gasteiger partial charge in [0.05, 0.1) is 5.52 Å². The first kappa shape index (κ1) is 47.2. The number of hydrogen-bond donors (Lipinski definition) is 0. The van der Waals surface area contributed by atoms with E-state index in [4.69, 9.17) is 0 Å². The van der Waals surface area contributed by atoms with Crippen LogP contribution in [0, 0.1) is 13.8 Å². The largest absolute Gasteiger partial charge is 0.310 e. The molecule has 0 fully saturated rings. The predicted molar refractivity (Wildman–Crippen MR) is 287 cm³/mol. The number of aromatic nitrogens is 2. The van der Waals surface area contributed by atoms with Gasteiger partial charge in [0.2, 0.25) is 0 Å². The Labute approximate surface area is 388 Å². The van der Waals surface area contributed by atoms with Crippen molar-refractivity contribution in [2.45, 2.75) is 68.2 Å². The summed E-state index contributed by atoms with van der Waals surface area (Å²) in [4.78, 5) is 4.66. The number of fused-ring (bicyclic) bond motifs is 2. The van der Waals surface area contributed by atoms with E-state index in [9.17, 15) is 0 Å². The standard InChI is InChI=1S/C46H40N2.C15H18.C2H6/c1-5-13-41(48-45(14-6-2)33(4)42-19-9-10-22-46(42)48)27-32(3)34-23-25-35(26-24-34)39-29-40(31-47-30-39)37-17-11-18-38(28-37)44-21-12-16-36-15-7-8-20-43(36)44;1-5-9-14(12(3)6-2)15-11-8-7-10-13(15)4;1-2/h5-11,13-20,22-31H,3,12,21H2,1-2,4H3;5-11H,2H2,1,3-4H3;1-2H3/b13-5+,14-6-,41-27+;9-5-,14-12+;. The molecule has 65 heavy (non-hydrogen) atoms. The van der Waals surface area contributed by atoms with Crippen LogP contribution in [0.5, 0.6) is 0 Å². The second-order valence-electron chi connectivity index (χ2n) is 16.0. The van der Waals surface area contributed by atoms with Crippen molar-refractivity contribution in [3.8, 4) is 22.3 Å². The van der Waals surface area contributed by atoms with Crippen LogP contribution in [0.15, 0.2) is 201 Å². The summed E-state index contributed by atoms with van der Waals surface area (Å²) in [7, 11) is 0. The average molecular weight is 849 g/mol. The summed E-state index contributed by atoms with van der Waals surface area (Å²) in [5.74, 6) is 0. The van der Waals surface area contributed by atoms with Crippen molar-refractivity contribution in [1.82, 2.24) is 9.55 Å². The van der Waals surface area contributed by atoms with Crippen LogP contribution in [0.25, 0.3) is 67.7 Å². The van der Waals surface area contributed by atoms with E-state index in [1.807, 2.05) is 39.2 Å². The average Bonchev–Trinajstić information content (AvgIpc) is 3.64. The fourth-order valence-electron chi connectivity index (χ4n) is 8.54. The summed E-state index contributed by atoms with van der Waals surface area (Å²) in [5, 5.41) is 3.94. The lowest BCUT2D eigenvalue weighted by atomic mass is 9.91. The fraction of sp³-hybridized carbons (Fsp3) is 0.159. The first-order valence-corrected chi connectivity index (χ1v) is 23.0. The molecule has 0 bridgehead atoms. The van der Waals surface area contributed by atoms with Crippen molar-refractivity contribution in [3.05, 3.63) is 245 Å². The van der Waals surface area contributed by atoms with Crippen LogP contribution in [0.1, 0.15) is 87.9 Å². The number of hydrogen-bond acceptors (Lipinski definition) is 1. The second kappa shape index (κ2) is 22.9. The van der Waals surface area contributed by atoms with E-state index in [0.29, 0.717) is 0 Å². The molecule has 0 saturated carbocycles. The molecule has 2 heteroatoms. The van der Waals surface area contributed by atoms with E-state index < -0.39 is 0 Å². The molecule has 0 atom stereocenters. The van der Waals surface area contributed by atoms with Gasteiger partial charge in [0, 0.05) is 40.3 Å². The van der Waals surface area contributed by atoms with Gasteiger partial charge in [-0.25, -0.2) is 0 Å². The van der Waals surface area contributed by atoms with Crippen LogP contribution in [0.2, 0.25) is 0 Å². The maximum atomic E-state index is 4.66. The van der Waals surface area contributed by atoms with Crippen LogP contribution in [-0.4, -0.2) is 9.55 Å². The fourth-order valence-corrected chi connectivity index (χ4v) is 8.54. The molecular formula is C63H64N2. The highest BCUT2D eigenvalue weighted by Gasteiger charge is 2.15. The van der Waals surface area contributed by atoms with E-state index in [1.54, 1.807) is 0 Å². The third-order valence-electron chi connectivity index (χ3n) is 11.8. The van der Waals surface area contributed by atoms with Crippen molar-refractivity contribution in [2.24, 2.45) is 0 Å². The summed E-state index contributed by atoms with van der Waals surface area (Å²) in [6.45, 7) is 24.9. The number of rotatable bonds is 11. The SMILES string of the molecule is C=C(/C=C(\C=C\C)n1c(/C=C\C)c(C)c2ccccc21)c1ccc(-c2cncc(-c3cccc(C4=c5ccccc5=CCC4)c3)c2)cc1.C=C/C(C)=C(\C=C/C)c1ccccc1C.CC. The van der Waals surface area contributed by atoms with Gasteiger partial charge in [0.15, 0.2) is 0 Å². The first-order valence-electron chi connectivity index (χ1n) is 23.0. The zero-order chi connectivity index (χ0) is 46.3. The molecular weight excluding hydrogens is 785 g/mol. The monoisotopic (exact) mass is 849 g/mol. The van der Waals surface area contributed by atoms with Gasteiger partial charge in [-0.05, 0) is 162 Å². The van der Waals surface area contributed by atoms with Crippen molar-refractivity contribution in [3.63, 3.8) is 0 Å². The van der Waals surface area contributed by atoms with Crippen LogP contribution >= 0.6 is 0 Å². The topological polar surface area (TPSA) is 17.8 Å². The van der Waals surface area contributed by atoms with Crippen molar-refractivity contribution >= 4 is 45.5 Å². The minimum Gasteiger partial charge on any atom is -0.310 e. The number of nitrogens with zero attached hydrogens (tertiary/aromatic N) is 2. The molecule has 2 heterocycles. The lowest BCUT2D eigenvalue weighted by Gasteiger charge is -2.14. The Morgan fingerprint density at radius 2 is 1.34 bits per heavy atom. The molecule has 2 nitrogen and oxygen atoms in total. The third kappa shape index (κ3) is 10.9. The second-order valence-corrected chi connectivity index (χ2v) is 16.0. The van der Waals surface area contributed by atoms with Gasteiger partial charge >= 0.3 is 0 Å². The molecule has 326 valence electrons. The molecule has 2 aromatic heterocycles. The zero-order valence-electron chi connectivity index (χ0n) is 39.7. The number of allylic oxidation sites excluding steroid dienone is 11. The lowest BCUT2D eigenvalue weighted by Crippen LogP contribution is -2.29. The van der Waals surface area contributed by atoms with E-state index in [1.165, 1.54) is 71.6 Å². The van der Waals surface area contributed by atoms with Crippen LogP contribution in [-0.2, 0) is 0 Å². The number of benzene rings is 5. The van der Waals surface area contributed by atoms with Gasteiger partial charge in [-0.3, -0.25) is 4.98 Å². The number of para-hydroxylation sites is 1. The Kier molecular flexibility index (Phi) is 16.6. The molecule has 7 aromatic rings. The minimum atomic E-state index is 0.958. The summed E-state index contributed by atoms with van der Waals surface area (Å²) < 4.78 is 2.33. The van der Waals surface area contributed by atoms with Gasteiger partial charge in [0.25, 0.3) is 0 Å². The summed E-state index contributed by atoms with van der Waals surface area (Å²) in [6, 6.07) is 45.6. The quantitative estimate of drug-likeness (QED) is 0.119. The molecule has 0 aliphatic heterocycles. The molecule has 8 rings (SSSR count). The van der Waals surface area contributed by atoms with Gasteiger partial charge in [-0.1, -0.05) is 173 Å². The predicted octanol–water partition coefficient (Wildman–Crippen LogP) is 16.2. The van der Waals surface area contributed by atoms with E-state index in [-0.39, 0.29) is 0 Å². The van der Waals surface area contributed by atoms with Crippen LogP contribution in [0.4, 0.5) is 0 Å². The summed E-state index contributed by atoms with van der Waals surface area (Å²) in [5.41, 5.74) is 19.0. The Bertz CT molecular complexity index is 3080. The summed E-state index contributed by atoms with van der Waals surface area (Å²) in [6.07, 6.45) is 25.2. The lowest BCUT2D eigenvalue weighted by molar-refractivity contribution is 1.08. The van der Waals surface area contributed by atoms with Crippen molar-refractivity contribution in [1.29, 1.82) is 0 Å². The number of aryl methyl sites for hydroxylation is 2. The molecule has 0 N–H and O–H groups in total. The Balaban J connectivity index is 0.000000349. The highest BCUT2D eigenvalue weighted by atomic mass is 15.0. The molecule has 0 spiro atoms. The normalized spacial score (nSPS) is 12.9. The Morgan fingerprint density at radius 1 is 0.677 bits per heavy atom. The smallest absolute Gasteiger partial charge is 0.0537 e. The van der Waals surface area contributed by atoms with Gasteiger partial charge < -0.3 is 4.57 Å². The van der Waals surface area contributed by atoms with E-state index in [0.717, 1.165) is 46.4 Å². The Morgan fingerprint density at radius 3 is 2.06 bits per heavy atom. The maximum absolute atomic E-state index is 4.66. The summed E-state index contributed by atoms with van der Waals surface area (Å²) >= 11 is 0. The molecule has 0 radical (unpaired) electrons. The molecule has 1 aliphatic carbocycles. The molecule has 0 unspecified atom stereocenters. The van der Waals surface area contributed by atoms with Crippen molar-refractivity contribution in [2.75, 3.05) is 0 Å². The van der Waals surface area contributed by atoms with E-state index in [2.05, 4.69) is 233 Å². The van der Waals surface area contributed by atoms with Crippen LogP contribution in [0.3, 0.4) is 0 Å². The first-order chi connectivity index (χ1) is 31.8. The Hall–Kier alpha value is -7.29. The minimum absolute atomic E-state index is 0.958. The van der Waals surface area contributed by atoms with Gasteiger partial charge in [-0.15, -0.1) is 0 Å².